The molecule has 13 heteroatoms. The largest absolute Gasteiger partial charge is 0.493 e. The average Bonchev–Trinajstić information content (AvgIpc) is 3.08. The summed E-state index contributed by atoms with van der Waals surface area (Å²) >= 11 is 17.4. The Hall–Kier alpha value is -1.75. The van der Waals surface area contributed by atoms with Crippen molar-refractivity contribution in [3.05, 3.63) is 39.2 Å². The summed E-state index contributed by atoms with van der Waals surface area (Å²) in [6.07, 6.45) is 0.192. The van der Waals surface area contributed by atoms with Crippen LogP contribution in [0.3, 0.4) is 0 Å². The second kappa shape index (κ2) is 7.25. The van der Waals surface area contributed by atoms with Gasteiger partial charge in [0.05, 0.1) is 27.5 Å². The minimum atomic E-state index is -4.30. The zero-order chi connectivity index (χ0) is 21.0. The summed E-state index contributed by atoms with van der Waals surface area (Å²) in [6, 6.07) is 1.63. The quantitative estimate of drug-likeness (QED) is 0.687. The van der Waals surface area contributed by atoms with Gasteiger partial charge in [-0.2, -0.15) is 0 Å². The molecule has 1 aliphatic heterocycles. The van der Waals surface area contributed by atoms with E-state index < -0.39 is 60.3 Å². The smallest absolute Gasteiger partial charge is 0.336 e. The van der Waals surface area contributed by atoms with E-state index in [1.165, 1.54) is 4.57 Å². The van der Waals surface area contributed by atoms with Crippen LogP contribution in [0.15, 0.2) is 16.9 Å². The average molecular weight is 473 g/mol. The van der Waals surface area contributed by atoms with Crippen molar-refractivity contribution in [1.29, 1.82) is 0 Å². The maximum atomic E-state index is 14.6. The monoisotopic (exact) mass is 471 g/mol. The van der Waals surface area contributed by atoms with Gasteiger partial charge in [0.15, 0.2) is 0 Å². The van der Waals surface area contributed by atoms with E-state index in [1.54, 1.807) is 0 Å². The number of aromatic hydroxyl groups is 1. The van der Waals surface area contributed by atoms with Gasteiger partial charge >= 0.3 is 5.69 Å². The molecular weight excluding hydrogens is 460 g/mol. The standard InChI is InChI=1S/C15H13Cl3FN3O5S/c1-7(23)22(28(26,27)6-16)11-4-12(10(19)3-9(11)18)21-14(24)13-2-8(17)5-20(13)15(21)25/h3-4,8,24H,2,5-6H2,1H3/t8-/m0/s1. The Labute approximate surface area is 173 Å². The van der Waals surface area contributed by atoms with E-state index in [1.807, 2.05) is 0 Å². The van der Waals surface area contributed by atoms with Crippen molar-refractivity contribution in [2.24, 2.45) is 0 Å². The fourth-order valence-corrected chi connectivity index (χ4v) is 4.88. The SMILES string of the molecule is CC(=O)N(c1cc(-n2c(O)c3n(c2=O)C[C@@H](Cl)C3)c(F)cc1Cl)S(=O)(=O)CCl. The number of alkyl halides is 2. The number of aromatic nitrogens is 2. The van der Waals surface area contributed by atoms with E-state index >= 15 is 0 Å². The zero-order valence-electron chi connectivity index (χ0n) is 14.2. The van der Waals surface area contributed by atoms with E-state index in [0.29, 0.717) is 8.87 Å². The zero-order valence-corrected chi connectivity index (χ0v) is 17.3. The predicted octanol–water partition coefficient (Wildman–Crippen LogP) is 2.18. The molecule has 0 saturated carbocycles. The van der Waals surface area contributed by atoms with Crippen LogP contribution in [0, 0.1) is 5.82 Å². The molecule has 0 spiro atoms. The Morgan fingerprint density at radius 1 is 1.43 bits per heavy atom. The van der Waals surface area contributed by atoms with Crippen LogP contribution in [0.4, 0.5) is 10.1 Å². The van der Waals surface area contributed by atoms with Crippen LogP contribution in [0.2, 0.25) is 5.02 Å². The first-order valence-electron chi connectivity index (χ1n) is 7.76. The number of benzene rings is 1. The molecule has 152 valence electrons. The minimum absolute atomic E-state index is 0.124. The van der Waals surface area contributed by atoms with Crippen LogP contribution in [0.1, 0.15) is 12.6 Å². The van der Waals surface area contributed by atoms with E-state index in [9.17, 15) is 27.5 Å². The van der Waals surface area contributed by atoms with Gasteiger partial charge in [0.2, 0.25) is 11.8 Å². The van der Waals surface area contributed by atoms with Gasteiger partial charge in [-0.05, 0) is 12.1 Å². The predicted molar refractivity (Wildman–Crippen MR) is 103 cm³/mol. The van der Waals surface area contributed by atoms with Crippen molar-refractivity contribution in [2.45, 2.75) is 25.3 Å². The van der Waals surface area contributed by atoms with Crippen LogP contribution in [-0.2, 0) is 27.8 Å². The molecule has 1 aromatic carbocycles. The summed E-state index contributed by atoms with van der Waals surface area (Å²) in [5.74, 6) is -2.49. The molecule has 0 unspecified atom stereocenters. The minimum Gasteiger partial charge on any atom is -0.493 e. The molecule has 0 bridgehead atoms. The van der Waals surface area contributed by atoms with E-state index in [0.717, 1.165) is 19.1 Å². The number of imidazole rings is 1. The Bertz CT molecular complexity index is 1140. The highest BCUT2D eigenvalue weighted by molar-refractivity contribution is 7.94. The molecule has 0 fully saturated rings. The summed E-state index contributed by atoms with van der Waals surface area (Å²) in [7, 11) is -4.30. The lowest BCUT2D eigenvalue weighted by atomic mass is 10.2. The first-order chi connectivity index (χ1) is 13.0. The van der Waals surface area contributed by atoms with Crippen LogP contribution in [0.5, 0.6) is 5.88 Å². The molecule has 1 amide bonds. The molecule has 0 saturated heterocycles. The van der Waals surface area contributed by atoms with Crippen molar-refractivity contribution in [1.82, 2.24) is 9.13 Å². The molecule has 1 aromatic heterocycles. The van der Waals surface area contributed by atoms with E-state index in [2.05, 4.69) is 0 Å². The topological polar surface area (TPSA) is 102 Å². The Morgan fingerprint density at radius 2 is 2.07 bits per heavy atom. The Balaban J connectivity index is 2.27. The third kappa shape index (κ3) is 3.28. The number of fused-ring (bicyclic) bond motifs is 1. The molecule has 28 heavy (non-hydrogen) atoms. The van der Waals surface area contributed by atoms with Gasteiger partial charge in [-0.1, -0.05) is 11.6 Å². The summed E-state index contributed by atoms with van der Waals surface area (Å²) in [6.45, 7) is 1.08. The molecule has 3 rings (SSSR count). The summed E-state index contributed by atoms with van der Waals surface area (Å²) in [4.78, 5) is 24.5. The molecule has 0 radical (unpaired) electrons. The Kier molecular flexibility index (Phi) is 5.43. The van der Waals surface area contributed by atoms with Gasteiger partial charge in [0, 0.05) is 19.9 Å². The van der Waals surface area contributed by atoms with Gasteiger partial charge in [0.25, 0.3) is 10.0 Å². The highest BCUT2D eigenvalue weighted by Gasteiger charge is 2.32. The number of anilines is 1. The number of rotatable bonds is 4. The first-order valence-corrected chi connectivity index (χ1v) is 10.7. The van der Waals surface area contributed by atoms with Crippen molar-refractivity contribution < 1.29 is 22.7 Å². The number of carbonyl (C=O) groups is 1. The van der Waals surface area contributed by atoms with Gasteiger partial charge in [-0.25, -0.2) is 26.5 Å². The third-order valence-corrected chi connectivity index (χ3v) is 6.90. The molecule has 1 N–H and O–H groups in total. The number of nitrogens with zero attached hydrogens (tertiary/aromatic N) is 3. The summed E-state index contributed by atoms with van der Waals surface area (Å²) < 4.78 is 41.1. The molecular formula is C15H13Cl3FN3O5S. The molecule has 2 aromatic rings. The maximum absolute atomic E-state index is 14.6. The highest BCUT2D eigenvalue weighted by Crippen LogP contribution is 2.35. The van der Waals surface area contributed by atoms with Crippen LogP contribution >= 0.6 is 34.8 Å². The fourth-order valence-electron chi connectivity index (χ4n) is 3.07. The molecule has 1 aliphatic rings. The fraction of sp³-hybridized carbons (Fsp3) is 0.333. The number of halogens is 4. The van der Waals surface area contributed by atoms with Crippen molar-refractivity contribution in [2.75, 3.05) is 9.52 Å². The number of hydrogen-bond donors (Lipinski definition) is 1. The van der Waals surface area contributed by atoms with Crippen molar-refractivity contribution >= 4 is 56.4 Å². The maximum Gasteiger partial charge on any atom is 0.336 e. The first kappa shape index (κ1) is 21.0. The molecule has 1 atom stereocenters. The third-order valence-electron chi connectivity index (χ3n) is 4.19. The van der Waals surface area contributed by atoms with Gasteiger partial charge in [-0.3, -0.25) is 9.36 Å². The van der Waals surface area contributed by atoms with Crippen LogP contribution < -0.4 is 9.99 Å². The van der Waals surface area contributed by atoms with E-state index in [4.69, 9.17) is 34.8 Å². The Morgan fingerprint density at radius 3 is 2.61 bits per heavy atom. The van der Waals surface area contributed by atoms with Crippen molar-refractivity contribution in [3.8, 4) is 11.6 Å². The summed E-state index contributed by atoms with van der Waals surface area (Å²) in [5.41, 5.74) is -1.43. The normalized spacial score (nSPS) is 16.2. The number of sulfonamides is 1. The van der Waals surface area contributed by atoms with Gasteiger partial charge in [0.1, 0.15) is 11.0 Å². The lowest BCUT2D eigenvalue weighted by molar-refractivity contribution is -0.115. The van der Waals surface area contributed by atoms with Crippen molar-refractivity contribution in [3.63, 3.8) is 0 Å². The number of carbonyl (C=O) groups excluding carboxylic acids is 1. The number of hydrogen-bond acceptors (Lipinski definition) is 5. The van der Waals surface area contributed by atoms with Gasteiger partial charge in [-0.15, -0.1) is 23.2 Å². The molecule has 2 heterocycles. The number of amides is 1. The second-order valence-electron chi connectivity index (χ2n) is 6.06. The van der Waals surface area contributed by atoms with Crippen LogP contribution in [-0.4, -0.2) is 39.2 Å². The summed E-state index contributed by atoms with van der Waals surface area (Å²) in [5, 5.41) is 8.68. The van der Waals surface area contributed by atoms with E-state index in [-0.39, 0.29) is 18.7 Å². The lowest BCUT2D eigenvalue weighted by Crippen LogP contribution is -2.36. The molecule has 0 aliphatic carbocycles. The van der Waals surface area contributed by atoms with Crippen LogP contribution in [0.25, 0.3) is 5.69 Å². The molecule has 8 nitrogen and oxygen atoms in total. The highest BCUT2D eigenvalue weighted by atomic mass is 35.5. The second-order valence-corrected chi connectivity index (χ2v) is 9.49. The van der Waals surface area contributed by atoms with Gasteiger partial charge < -0.3 is 5.11 Å². The lowest BCUT2D eigenvalue weighted by Gasteiger charge is -2.22.